The van der Waals surface area contributed by atoms with Gasteiger partial charge in [-0.3, -0.25) is 14.9 Å². The lowest BCUT2D eigenvalue weighted by molar-refractivity contribution is -0.144. The summed E-state index contributed by atoms with van der Waals surface area (Å²) in [5.74, 6) is -1.82. The third-order valence-corrected chi connectivity index (χ3v) is 6.97. The van der Waals surface area contributed by atoms with Gasteiger partial charge in [0.2, 0.25) is 0 Å². The molecule has 4 atom stereocenters. The van der Waals surface area contributed by atoms with Gasteiger partial charge in [0.05, 0.1) is 25.3 Å². The highest BCUT2D eigenvalue weighted by Crippen LogP contribution is 2.38. The Morgan fingerprint density at radius 1 is 0.893 bits per heavy atom. The summed E-state index contributed by atoms with van der Waals surface area (Å²) < 4.78 is 37.0. The van der Waals surface area contributed by atoms with Gasteiger partial charge in [-0.25, -0.2) is 8.42 Å². The zero-order chi connectivity index (χ0) is 20.3. The fraction of sp³-hybridized carbons (Fsp3) is 0.444. The maximum absolute atomic E-state index is 13.5. The van der Waals surface area contributed by atoms with Gasteiger partial charge >= 0.3 is 11.9 Å². The maximum Gasteiger partial charge on any atom is 0.326 e. The number of nitrogens with one attached hydrogen (secondary N) is 3. The van der Waals surface area contributed by atoms with Crippen LogP contribution in [0.25, 0.3) is 0 Å². The Hall–Kier alpha value is -2.59. The Balaban J connectivity index is 2.13. The van der Waals surface area contributed by atoms with Crippen LogP contribution in [0.3, 0.4) is 0 Å². The highest BCUT2D eigenvalue weighted by Gasteiger charge is 2.57. The van der Waals surface area contributed by atoms with Gasteiger partial charge in [-0.2, -0.15) is 0 Å². The largest absolute Gasteiger partial charge is 0.465 e. The van der Waals surface area contributed by atoms with Gasteiger partial charge in [-0.1, -0.05) is 0 Å². The lowest BCUT2D eigenvalue weighted by Gasteiger charge is -2.39. The van der Waals surface area contributed by atoms with Crippen molar-refractivity contribution in [1.82, 2.24) is 15.3 Å². The van der Waals surface area contributed by atoms with Crippen molar-refractivity contribution in [2.24, 2.45) is 0 Å². The van der Waals surface area contributed by atoms with Crippen LogP contribution in [0.2, 0.25) is 0 Å². The number of esters is 2. The van der Waals surface area contributed by atoms with Gasteiger partial charge in [0.25, 0.3) is 0 Å². The summed E-state index contributed by atoms with van der Waals surface area (Å²) in [5.41, 5.74) is 1.00. The third kappa shape index (κ3) is 3.57. The number of sulfone groups is 1. The summed E-state index contributed by atoms with van der Waals surface area (Å²) in [5, 5.41) is -0.0326. The minimum absolute atomic E-state index is 0.0203. The molecular weight excluding hydrogens is 386 g/mol. The molecule has 2 aromatic rings. The second-order valence-electron chi connectivity index (χ2n) is 6.31. The molecular formula is C18H23N3O6S. The number of hydrogen-bond acceptors (Lipinski definition) is 7. The molecule has 3 heterocycles. The molecule has 0 spiro atoms. The summed E-state index contributed by atoms with van der Waals surface area (Å²) in [6, 6.07) is 4.92. The molecule has 3 N–H and O–H groups in total. The van der Waals surface area contributed by atoms with Crippen molar-refractivity contribution in [2.75, 3.05) is 13.2 Å². The smallest absolute Gasteiger partial charge is 0.326 e. The van der Waals surface area contributed by atoms with Crippen molar-refractivity contribution in [3.63, 3.8) is 0 Å². The average Bonchev–Trinajstić information content (AvgIpc) is 3.34. The monoisotopic (exact) mass is 409 g/mol. The molecule has 0 aliphatic carbocycles. The van der Waals surface area contributed by atoms with Crippen LogP contribution in [-0.4, -0.2) is 54.0 Å². The van der Waals surface area contributed by atoms with E-state index in [4.69, 9.17) is 9.47 Å². The molecule has 1 aliphatic rings. The number of rotatable bonds is 6. The van der Waals surface area contributed by atoms with Crippen LogP contribution in [0.1, 0.15) is 37.3 Å². The van der Waals surface area contributed by atoms with E-state index in [1.165, 1.54) is 0 Å². The van der Waals surface area contributed by atoms with Crippen LogP contribution >= 0.6 is 0 Å². The van der Waals surface area contributed by atoms with Crippen molar-refractivity contribution >= 4 is 21.8 Å². The first-order chi connectivity index (χ1) is 13.4. The number of carbonyl (C=O) groups is 2. The molecule has 0 amide bonds. The molecule has 9 nitrogen and oxygen atoms in total. The standard InChI is InChI=1S/C18H23N3O6S/c1-3-26-17(22)15-13(11-7-5-9-19-11)21-14(12-8-6-10-20-12)16(28(15,24)25)18(23)27-4-2/h5-10,13-16,19-21H,3-4H2,1-2H3. The fourth-order valence-corrected chi connectivity index (χ4v) is 5.67. The summed E-state index contributed by atoms with van der Waals surface area (Å²) >= 11 is 0. The van der Waals surface area contributed by atoms with Crippen molar-refractivity contribution in [3.8, 4) is 0 Å². The van der Waals surface area contributed by atoms with E-state index in [0.717, 1.165) is 0 Å². The molecule has 28 heavy (non-hydrogen) atoms. The van der Waals surface area contributed by atoms with Gasteiger partial charge in [-0.05, 0) is 38.1 Å². The van der Waals surface area contributed by atoms with Crippen LogP contribution < -0.4 is 5.32 Å². The quantitative estimate of drug-likeness (QED) is 0.607. The second-order valence-corrected chi connectivity index (χ2v) is 8.50. The van der Waals surface area contributed by atoms with E-state index in [0.29, 0.717) is 11.4 Å². The Morgan fingerprint density at radius 3 is 1.64 bits per heavy atom. The summed E-state index contributed by atoms with van der Waals surface area (Å²) in [4.78, 5) is 31.1. The van der Waals surface area contributed by atoms with Crippen LogP contribution in [0.4, 0.5) is 0 Å². The normalized spacial score (nSPS) is 26.5. The van der Waals surface area contributed by atoms with Crippen LogP contribution in [0.15, 0.2) is 36.7 Å². The molecule has 0 radical (unpaired) electrons. The highest BCUT2D eigenvalue weighted by molar-refractivity contribution is 7.94. The number of carbonyl (C=O) groups excluding carboxylic acids is 2. The molecule has 1 aliphatic heterocycles. The maximum atomic E-state index is 13.5. The SMILES string of the molecule is CCOC(=O)C1C(c2ccc[nH]2)NC(c2ccc[nH]2)C(C(=O)OCC)S1(=O)=O. The summed E-state index contributed by atoms with van der Waals surface area (Å²) in [6.45, 7) is 3.23. The van der Waals surface area contributed by atoms with Gasteiger partial charge < -0.3 is 19.4 Å². The Kier molecular flexibility index (Phi) is 5.90. The molecule has 0 bridgehead atoms. The van der Waals surface area contributed by atoms with Gasteiger partial charge in [0.15, 0.2) is 20.3 Å². The third-order valence-electron chi connectivity index (χ3n) is 4.62. The number of H-pyrrole nitrogens is 2. The first kappa shape index (κ1) is 20.2. The average molecular weight is 409 g/mol. The zero-order valence-corrected chi connectivity index (χ0v) is 16.4. The van der Waals surface area contributed by atoms with E-state index < -0.39 is 44.4 Å². The molecule has 0 aromatic carbocycles. The molecule has 1 saturated heterocycles. The topological polar surface area (TPSA) is 130 Å². The van der Waals surface area contributed by atoms with Gasteiger partial charge in [0, 0.05) is 23.8 Å². The van der Waals surface area contributed by atoms with Crippen molar-refractivity contribution < 1.29 is 27.5 Å². The molecule has 4 unspecified atom stereocenters. The Bertz CT molecular complexity index is 839. The minimum atomic E-state index is -4.31. The lowest BCUT2D eigenvalue weighted by Crippen LogP contribution is -2.59. The van der Waals surface area contributed by atoms with E-state index in [2.05, 4.69) is 15.3 Å². The predicted molar refractivity (Wildman–Crippen MR) is 100.0 cm³/mol. The van der Waals surface area contributed by atoms with E-state index in [9.17, 15) is 18.0 Å². The van der Waals surface area contributed by atoms with Crippen molar-refractivity contribution in [1.29, 1.82) is 0 Å². The molecule has 152 valence electrons. The first-order valence-electron chi connectivity index (χ1n) is 9.00. The number of aromatic nitrogens is 2. The Morgan fingerprint density at radius 2 is 1.32 bits per heavy atom. The van der Waals surface area contributed by atoms with Crippen LogP contribution in [0, 0.1) is 0 Å². The highest BCUT2D eigenvalue weighted by atomic mass is 32.2. The number of ether oxygens (including phenoxy) is 2. The molecule has 0 saturated carbocycles. The van der Waals surface area contributed by atoms with Gasteiger partial charge in [-0.15, -0.1) is 0 Å². The first-order valence-corrected chi connectivity index (χ1v) is 10.6. The lowest BCUT2D eigenvalue weighted by atomic mass is 10.0. The van der Waals surface area contributed by atoms with E-state index >= 15 is 0 Å². The molecule has 10 heteroatoms. The van der Waals surface area contributed by atoms with E-state index in [-0.39, 0.29) is 13.2 Å². The summed E-state index contributed by atoms with van der Waals surface area (Å²) in [6.07, 6.45) is 3.26. The zero-order valence-electron chi connectivity index (χ0n) is 15.5. The predicted octanol–water partition coefficient (Wildman–Crippen LogP) is 1.01. The number of hydrogen-bond donors (Lipinski definition) is 3. The Labute approximate surface area is 162 Å². The fourth-order valence-electron chi connectivity index (χ4n) is 3.48. The second kappa shape index (κ2) is 8.19. The van der Waals surface area contributed by atoms with Gasteiger partial charge in [0.1, 0.15) is 0 Å². The van der Waals surface area contributed by atoms with E-state index in [1.807, 2.05) is 0 Å². The van der Waals surface area contributed by atoms with Crippen molar-refractivity contribution in [2.45, 2.75) is 36.4 Å². The van der Waals surface area contributed by atoms with Crippen LogP contribution in [0.5, 0.6) is 0 Å². The summed E-state index contributed by atoms with van der Waals surface area (Å²) in [7, 11) is -4.31. The molecule has 1 fully saturated rings. The van der Waals surface area contributed by atoms with Crippen molar-refractivity contribution in [3.05, 3.63) is 48.0 Å². The molecule has 2 aromatic heterocycles. The van der Waals surface area contributed by atoms with Crippen LogP contribution in [-0.2, 0) is 28.9 Å². The number of aromatic amines is 2. The molecule has 3 rings (SSSR count). The minimum Gasteiger partial charge on any atom is -0.465 e. The van der Waals surface area contributed by atoms with E-state index in [1.54, 1.807) is 50.5 Å².